The van der Waals surface area contributed by atoms with Crippen LogP contribution in [0.3, 0.4) is 0 Å². The summed E-state index contributed by atoms with van der Waals surface area (Å²) in [6.45, 7) is 4.37. The minimum Gasteiger partial charge on any atom is -0.507 e. The van der Waals surface area contributed by atoms with Gasteiger partial charge in [-0.05, 0) is 36.5 Å². The van der Waals surface area contributed by atoms with Crippen LogP contribution in [0.2, 0.25) is 0 Å². The highest BCUT2D eigenvalue weighted by Crippen LogP contribution is 2.25. The van der Waals surface area contributed by atoms with E-state index in [0.29, 0.717) is 17.0 Å². The van der Waals surface area contributed by atoms with Crippen molar-refractivity contribution in [3.63, 3.8) is 0 Å². The molecule has 0 radical (unpaired) electrons. The standard InChI is InChI=1S/C16H18O3/c1-10(2)4-3-5-11-6-7-12-13(8-11)14(17)9-15(18)16(12)19/h6-10,17H,3-5H2,1-2H3. The lowest BCUT2D eigenvalue weighted by atomic mass is 9.91. The van der Waals surface area contributed by atoms with Gasteiger partial charge in [0.05, 0.1) is 0 Å². The van der Waals surface area contributed by atoms with E-state index in [4.69, 9.17) is 0 Å². The molecule has 19 heavy (non-hydrogen) atoms. The summed E-state index contributed by atoms with van der Waals surface area (Å²) in [6, 6.07) is 5.32. The quantitative estimate of drug-likeness (QED) is 0.843. The number of rotatable bonds is 4. The van der Waals surface area contributed by atoms with Gasteiger partial charge in [0.25, 0.3) is 0 Å². The van der Waals surface area contributed by atoms with Crippen LogP contribution in [0.1, 0.15) is 48.2 Å². The molecule has 0 aliphatic heterocycles. The molecule has 0 fully saturated rings. The molecule has 0 saturated heterocycles. The molecule has 1 aromatic rings. The highest BCUT2D eigenvalue weighted by molar-refractivity contribution is 6.50. The molecule has 1 aliphatic carbocycles. The zero-order valence-corrected chi connectivity index (χ0v) is 11.3. The second kappa shape index (κ2) is 5.39. The molecule has 1 N–H and O–H groups in total. The molecule has 1 aromatic carbocycles. The van der Waals surface area contributed by atoms with Crippen molar-refractivity contribution in [2.24, 2.45) is 5.92 Å². The van der Waals surface area contributed by atoms with Gasteiger partial charge in [-0.2, -0.15) is 0 Å². The summed E-state index contributed by atoms with van der Waals surface area (Å²) >= 11 is 0. The highest BCUT2D eigenvalue weighted by Gasteiger charge is 2.25. The first-order valence-corrected chi connectivity index (χ1v) is 6.61. The van der Waals surface area contributed by atoms with Crippen molar-refractivity contribution in [1.29, 1.82) is 0 Å². The number of ketones is 2. The van der Waals surface area contributed by atoms with Crippen LogP contribution in [-0.2, 0) is 11.2 Å². The topological polar surface area (TPSA) is 54.4 Å². The Bertz CT molecular complexity index is 553. The molecule has 0 atom stereocenters. The predicted molar refractivity (Wildman–Crippen MR) is 74.2 cm³/mol. The van der Waals surface area contributed by atoms with E-state index in [1.807, 2.05) is 12.1 Å². The summed E-state index contributed by atoms with van der Waals surface area (Å²) in [4.78, 5) is 23.0. The van der Waals surface area contributed by atoms with Gasteiger partial charge < -0.3 is 5.11 Å². The highest BCUT2D eigenvalue weighted by atomic mass is 16.3. The van der Waals surface area contributed by atoms with E-state index < -0.39 is 11.6 Å². The van der Waals surface area contributed by atoms with E-state index in [1.165, 1.54) is 0 Å². The van der Waals surface area contributed by atoms with E-state index in [0.717, 1.165) is 30.9 Å². The van der Waals surface area contributed by atoms with E-state index in [-0.39, 0.29) is 5.76 Å². The average Bonchev–Trinajstić information content (AvgIpc) is 2.36. The van der Waals surface area contributed by atoms with Crippen molar-refractivity contribution >= 4 is 17.3 Å². The second-order valence-electron chi connectivity index (χ2n) is 5.39. The molecular weight excluding hydrogens is 240 g/mol. The third-order valence-electron chi connectivity index (χ3n) is 3.34. The summed E-state index contributed by atoms with van der Waals surface area (Å²) < 4.78 is 0. The van der Waals surface area contributed by atoms with Crippen LogP contribution in [0.15, 0.2) is 24.3 Å². The number of hydrogen-bond donors (Lipinski definition) is 1. The Morgan fingerprint density at radius 1 is 1.16 bits per heavy atom. The molecule has 0 amide bonds. The maximum Gasteiger partial charge on any atom is 0.233 e. The average molecular weight is 258 g/mol. The van der Waals surface area contributed by atoms with E-state index in [2.05, 4.69) is 13.8 Å². The maximum absolute atomic E-state index is 11.7. The number of hydrogen-bond acceptors (Lipinski definition) is 3. The number of carbonyl (C=O) groups is 2. The Hall–Kier alpha value is -1.90. The number of aliphatic hydroxyl groups is 1. The van der Waals surface area contributed by atoms with Gasteiger partial charge in [-0.25, -0.2) is 0 Å². The lowest BCUT2D eigenvalue weighted by molar-refractivity contribution is -0.111. The minimum atomic E-state index is -0.655. The van der Waals surface area contributed by atoms with Crippen LogP contribution in [0.5, 0.6) is 0 Å². The number of allylic oxidation sites excluding steroid dienone is 1. The molecule has 0 bridgehead atoms. The maximum atomic E-state index is 11.7. The van der Waals surface area contributed by atoms with Gasteiger partial charge in [0.15, 0.2) is 0 Å². The van der Waals surface area contributed by atoms with Crippen LogP contribution >= 0.6 is 0 Å². The lowest BCUT2D eigenvalue weighted by Crippen LogP contribution is -2.18. The lowest BCUT2D eigenvalue weighted by Gasteiger charge is -2.13. The van der Waals surface area contributed by atoms with Crippen LogP contribution < -0.4 is 0 Å². The van der Waals surface area contributed by atoms with Crippen LogP contribution in [0, 0.1) is 5.92 Å². The third-order valence-corrected chi connectivity index (χ3v) is 3.34. The van der Waals surface area contributed by atoms with E-state index in [9.17, 15) is 14.7 Å². The molecule has 0 heterocycles. The summed E-state index contributed by atoms with van der Waals surface area (Å²) in [7, 11) is 0. The van der Waals surface area contributed by atoms with Gasteiger partial charge in [0.1, 0.15) is 5.76 Å². The second-order valence-corrected chi connectivity index (χ2v) is 5.39. The van der Waals surface area contributed by atoms with Gasteiger partial charge in [-0.3, -0.25) is 9.59 Å². The smallest absolute Gasteiger partial charge is 0.233 e. The zero-order valence-electron chi connectivity index (χ0n) is 11.3. The Morgan fingerprint density at radius 3 is 2.58 bits per heavy atom. The fourth-order valence-corrected chi connectivity index (χ4v) is 2.27. The first-order chi connectivity index (χ1) is 8.99. The monoisotopic (exact) mass is 258 g/mol. The Morgan fingerprint density at radius 2 is 1.89 bits per heavy atom. The van der Waals surface area contributed by atoms with Gasteiger partial charge in [0.2, 0.25) is 11.6 Å². The third kappa shape index (κ3) is 2.92. The van der Waals surface area contributed by atoms with Crippen LogP contribution in [-0.4, -0.2) is 16.7 Å². The first-order valence-electron chi connectivity index (χ1n) is 6.61. The van der Waals surface area contributed by atoms with Crippen molar-refractivity contribution in [3.05, 3.63) is 41.0 Å². The SMILES string of the molecule is CC(C)CCCc1ccc2c(c1)C(O)=CC(=O)C2=O. The molecule has 100 valence electrons. The summed E-state index contributed by atoms with van der Waals surface area (Å²) in [6.07, 6.45) is 4.15. The van der Waals surface area contributed by atoms with Gasteiger partial charge in [-0.15, -0.1) is 0 Å². The largest absolute Gasteiger partial charge is 0.507 e. The van der Waals surface area contributed by atoms with E-state index >= 15 is 0 Å². The number of benzene rings is 1. The van der Waals surface area contributed by atoms with Gasteiger partial charge >= 0.3 is 0 Å². The van der Waals surface area contributed by atoms with E-state index in [1.54, 1.807) is 6.07 Å². The van der Waals surface area contributed by atoms with Crippen LogP contribution in [0.25, 0.3) is 5.76 Å². The molecular formula is C16H18O3. The van der Waals surface area contributed by atoms with Crippen molar-refractivity contribution < 1.29 is 14.7 Å². The van der Waals surface area contributed by atoms with Gasteiger partial charge in [-0.1, -0.05) is 26.3 Å². The van der Waals surface area contributed by atoms with Gasteiger partial charge in [0, 0.05) is 17.2 Å². The van der Waals surface area contributed by atoms with Crippen molar-refractivity contribution in [3.8, 4) is 0 Å². The summed E-state index contributed by atoms with van der Waals surface area (Å²) in [5, 5.41) is 9.78. The number of carbonyl (C=O) groups excluding carboxylic acids is 2. The molecule has 1 aliphatic rings. The molecule has 0 aromatic heterocycles. The van der Waals surface area contributed by atoms with Crippen molar-refractivity contribution in [2.45, 2.75) is 33.1 Å². The molecule has 2 rings (SSSR count). The predicted octanol–water partition coefficient (Wildman–Crippen LogP) is 3.33. The number of Topliss-reactive ketones (excluding diaryl/α,β-unsaturated/α-hetero) is 1. The number of aryl methyl sites for hydroxylation is 1. The minimum absolute atomic E-state index is 0.106. The molecule has 0 unspecified atom stereocenters. The normalized spacial score (nSPS) is 14.6. The molecule has 0 saturated carbocycles. The summed E-state index contributed by atoms with van der Waals surface area (Å²) in [5.41, 5.74) is 1.87. The molecule has 3 nitrogen and oxygen atoms in total. The fourth-order valence-electron chi connectivity index (χ4n) is 2.27. The number of fused-ring (bicyclic) bond motifs is 1. The zero-order chi connectivity index (χ0) is 14.0. The van der Waals surface area contributed by atoms with Crippen molar-refractivity contribution in [2.75, 3.05) is 0 Å². The fraction of sp³-hybridized carbons (Fsp3) is 0.375. The number of aliphatic hydroxyl groups excluding tert-OH is 1. The molecule has 3 heteroatoms. The van der Waals surface area contributed by atoms with Crippen molar-refractivity contribution in [1.82, 2.24) is 0 Å². The first kappa shape index (κ1) is 13.5. The van der Waals surface area contributed by atoms with Crippen LogP contribution in [0.4, 0.5) is 0 Å². The Balaban J connectivity index is 2.21. The Kier molecular flexibility index (Phi) is 3.84. The summed E-state index contributed by atoms with van der Waals surface area (Å²) in [5.74, 6) is -0.630. The molecule has 0 spiro atoms. The Labute approximate surface area is 113 Å².